The third kappa shape index (κ3) is 6.20. The normalized spacial score (nSPS) is 19.5. The molecule has 0 spiro atoms. The summed E-state index contributed by atoms with van der Waals surface area (Å²) >= 11 is 0. The summed E-state index contributed by atoms with van der Waals surface area (Å²) in [5.74, 6) is 0.782. The van der Waals surface area contributed by atoms with Crippen LogP contribution in [-0.2, 0) is 0 Å². The first-order valence-corrected chi connectivity index (χ1v) is 11.6. The zero-order chi connectivity index (χ0) is 23.8. The van der Waals surface area contributed by atoms with E-state index in [1.165, 1.54) is 0 Å². The molecule has 0 aliphatic heterocycles. The lowest BCUT2D eigenvalue weighted by Gasteiger charge is -2.29. The smallest absolute Gasteiger partial charge is 0.134 e. The van der Waals surface area contributed by atoms with E-state index in [4.69, 9.17) is 4.98 Å². The van der Waals surface area contributed by atoms with Gasteiger partial charge >= 0.3 is 0 Å². The molecule has 1 saturated carbocycles. The SMILES string of the molecule is C=C/C(=C\N(C)C)c1cccc(-c2ccc(C(/C=N\C)=C/C)c(NC3CCCCC3O)n2)c1. The molecule has 2 N–H and O–H groups in total. The molecule has 0 bridgehead atoms. The van der Waals surface area contributed by atoms with E-state index in [1.807, 2.05) is 56.4 Å². The van der Waals surface area contributed by atoms with E-state index in [9.17, 15) is 5.11 Å². The van der Waals surface area contributed by atoms with Gasteiger partial charge in [0.2, 0.25) is 0 Å². The van der Waals surface area contributed by atoms with Crippen molar-refractivity contribution in [3.63, 3.8) is 0 Å². The Morgan fingerprint density at radius 3 is 2.64 bits per heavy atom. The molecule has 0 saturated heterocycles. The van der Waals surface area contributed by atoms with Crippen LogP contribution in [0.25, 0.3) is 22.4 Å². The number of rotatable bonds is 8. The van der Waals surface area contributed by atoms with Gasteiger partial charge in [0.1, 0.15) is 5.82 Å². The van der Waals surface area contributed by atoms with Gasteiger partial charge < -0.3 is 15.3 Å². The fourth-order valence-corrected chi connectivity index (χ4v) is 4.24. The summed E-state index contributed by atoms with van der Waals surface area (Å²) in [7, 11) is 5.78. The molecule has 0 radical (unpaired) electrons. The minimum atomic E-state index is -0.361. The van der Waals surface area contributed by atoms with Crippen LogP contribution in [0.15, 0.2) is 66.3 Å². The third-order valence-corrected chi connectivity index (χ3v) is 5.95. The maximum atomic E-state index is 10.6. The Bertz CT molecular complexity index is 1050. The highest BCUT2D eigenvalue weighted by Crippen LogP contribution is 2.30. The van der Waals surface area contributed by atoms with E-state index in [-0.39, 0.29) is 12.1 Å². The first-order valence-electron chi connectivity index (χ1n) is 11.6. The van der Waals surface area contributed by atoms with E-state index < -0.39 is 0 Å². The van der Waals surface area contributed by atoms with Crippen LogP contribution in [0.1, 0.15) is 43.7 Å². The van der Waals surface area contributed by atoms with Gasteiger partial charge in [-0.2, -0.15) is 0 Å². The summed E-state index contributed by atoms with van der Waals surface area (Å²) in [5, 5.41) is 14.1. The van der Waals surface area contributed by atoms with Gasteiger partial charge in [-0.25, -0.2) is 4.98 Å². The summed E-state index contributed by atoms with van der Waals surface area (Å²) in [5.41, 5.74) is 6.04. The Morgan fingerprint density at radius 1 is 1.18 bits per heavy atom. The van der Waals surface area contributed by atoms with Gasteiger partial charge in [0.25, 0.3) is 0 Å². The van der Waals surface area contributed by atoms with Crippen molar-refractivity contribution in [2.45, 2.75) is 44.8 Å². The molecule has 1 aromatic carbocycles. The summed E-state index contributed by atoms with van der Waals surface area (Å²) in [6.45, 7) is 5.98. The Hall–Kier alpha value is -3.18. The number of aliphatic hydroxyl groups is 1. The number of hydrogen-bond donors (Lipinski definition) is 2. The van der Waals surface area contributed by atoms with Crippen molar-refractivity contribution in [2.24, 2.45) is 4.99 Å². The summed E-state index contributed by atoms with van der Waals surface area (Å²) in [6, 6.07) is 12.5. The van der Waals surface area contributed by atoms with E-state index in [0.29, 0.717) is 0 Å². The number of aromatic nitrogens is 1. The monoisotopic (exact) mass is 444 g/mol. The highest BCUT2D eigenvalue weighted by molar-refractivity contribution is 6.11. The highest BCUT2D eigenvalue weighted by atomic mass is 16.3. The quantitative estimate of drug-likeness (QED) is 0.408. The van der Waals surface area contributed by atoms with Gasteiger partial charge in [0, 0.05) is 44.7 Å². The van der Waals surface area contributed by atoms with Crippen molar-refractivity contribution in [3.8, 4) is 11.3 Å². The van der Waals surface area contributed by atoms with Gasteiger partial charge in [-0.1, -0.05) is 49.8 Å². The van der Waals surface area contributed by atoms with Crippen molar-refractivity contribution in [1.82, 2.24) is 9.88 Å². The number of anilines is 1. The number of allylic oxidation sites excluding steroid dienone is 4. The average molecular weight is 445 g/mol. The molecule has 1 aromatic heterocycles. The van der Waals surface area contributed by atoms with Crippen LogP contribution in [0.5, 0.6) is 0 Å². The molecule has 33 heavy (non-hydrogen) atoms. The predicted octanol–water partition coefficient (Wildman–Crippen LogP) is 5.66. The highest BCUT2D eigenvalue weighted by Gasteiger charge is 2.24. The molecule has 1 heterocycles. The number of nitrogens with zero attached hydrogens (tertiary/aromatic N) is 3. The first-order chi connectivity index (χ1) is 16.0. The van der Waals surface area contributed by atoms with E-state index >= 15 is 0 Å². The van der Waals surface area contributed by atoms with Crippen LogP contribution in [-0.4, -0.2) is 54.5 Å². The molecule has 0 amide bonds. The summed E-state index contributed by atoms with van der Waals surface area (Å²) < 4.78 is 0. The lowest BCUT2D eigenvalue weighted by Crippen LogP contribution is -2.36. The second kappa shape index (κ2) is 11.6. The zero-order valence-corrected chi connectivity index (χ0v) is 20.3. The van der Waals surface area contributed by atoms with Crippen molar-refractivity contribution < 1.29 is 5.11 Å². The minimum Gasteiger partial charge on any atom is -0.391 e. The number of aliphatic imine (C=N–C) groups is 1. The Kier molecular flexibility index (Phi) is 8.61. The van der Waals surface area contributed by atoms with Crippen molar-refractivity contribution in [2.75, 3.05) is 26.5 Å². The van der Waals surface area contributed by atoms with Gasteiger partial charge in [-0.05, 0) is 54.7 Å². The fraction of sp³-hybridized carbons (Fsp3) is 0.357. The average Bonchev–Trinajstić information content (AvgIpc) is 2.82. The molecule has 3 rings (SSSR count). The summed E-state index contributed by atoms with van der Waals surface area (Å²) in [6.07, 6.45) is 11.4. The number of pyridine rings is 1. The molecule has 2 unspecified atom stereocenters. The fourth-order valence-electron chi connectivity index (χ4n) is 4.24. The summed E-state index contributed by atoms with van der Waals surface area (Å²) in [4.78, 5) is 11.3. The molecule has 2 atom stereocenters. The van der Waals surface area contributed by atoms with Gasteiger partial charge in [-0.3, -0.25) is 4.99 Å². The zero-order valence-electron chi connectivity index (χ0n) is 20.3. The van der Waals surface area contributed by atoms with Gasteiger partial charge in [-0.15, -0.1) is 0 Å². The third-order valence-electron chi connectivity index (χ3n) is 5.95. The first kappa shape index (κ1) is 24.5. The van der Waals surface area contributed by atoms with E-state index in [0.717, 1.165) is 65.0 Å². The van der Waals surface area contributed by atoms with Gasteiger partial charge in [0.15, 0.2) is 0 Å². The van der Waals surface area contributed by atoms with Crippen molar-refractivity contribution in [3.05, 3.63) is 72.5 Å². The van der Waals surface area contributed by atoms with Crippen molar-refractivity contribution >= 4 is 23.2 Å². The molecule has 1 fully saturated rings. The number of hydrogen-bond acceptors (Lipinski definition) is 5. The Labute approximate surface area is 198 Å². The number of benzene rings is 1. The molecular formula is C28H36N4O. The van der Waals surface area contributed by atoms with Crippen LogP contribution < -0.4 is 5.32 Å². The molecule has 1 aliphatic rings. The lowest BCUT2D eigenvalue weighted by atomic mass is 9.92. The van der Waals surface area contributed by atoms with Crippen LogP contribution in [0.2, 0.25) is 0 Å². The molecule has 2 aromatic rings. The number of nitrogens with one attached hydrogen (secondary N) is 1. The minimum absolute atomic E-state index is 0.00125. The van der Waals surface area contributed by atoms with Crippen LogP contribution in [0, 0.1) is 0 Å². The maximum absolute atomic E-state index is 10.6. The van der Waals surface area contributed by atoms with E-state index in [2.05, 4.69) is 47.4 Å². The molecular weight excluding hydrogens is 408 g/mol. The molecule has 5 heteroatoms. The second-order valence-electron chi connectivity index (χ2n) is 8.66. The van der Waals surface area contributed by atoms with Crippen LogP contribution in [0.4, 0.5) is 5.82 Å². The topological polar surface area (TPSA) is 60.8 Å². The largest absolute Gasteiger partial charge is 0.391 e. The van der Waals surface area contributed by atoms with Crippen LogP contribution in [0.3, 0.4) is 0 Å². The molecule has 5 nitrogen and oxygen atoms in total. The van der Waals surface area contributed by atoms with Crippen molar-refractivity contribution in [1.29, 1.82) is 0 Å². The molecule has 1 aliphatic carbocycles. The number of aliphatic hydroxyl groups excluding tert-OH is 1. The maximum Gasteiger partial charge on any atom is 0.134 e. The Balaban J connectivity index is 2.05. The lowest BCUT2D eigenvalue weighted by molar-refractivity contribution is 0.116. The standard InChI is InChI=1S/C28H36N4O/c1-6-20(18-29-3)24-15-16-25(30-28(24)31-26-13-8-9-14-27(26)33)23-12-10-11-22(17-23)21(7-2)19-32(4)5/h6-7,10-12,15-19,26-27,33H,2,8-9,13-14H2,1,3-5H3,(H,30,31)/b20-6+,21-19+,29-18-. The molecule has 174 valence electrons. The van der Waals surface area contributed by atoms with E-state index in [1.54, 1.807) is 7.05 Å². The Morgan fingerprint density at radius 2 is 1.97 bits per heavy atom. The second-order valence-corrected chi connectivity index (χ2v) is 8.66. The predicted molar refractivity (Wildman–Crippen MR) is 141 cm³/mol. The van der Waals surface area contributed by atoms with Gasteiger partial charge in [0.05, 0.1) is 17.8 Å². The van der Waals surface area contributed by atoms with Crippen LogP contribution >= 0.6 is 0 Å².